The third-order valence-corrected chi connectivity index (χ3v) is 3.82. The van der Waals surface area contributed by atoms with Gasteiger partial charge < -0.3 is 5.32 Å². The molecular weight excluding hydrogens is 341 g/mol. The van der Waals surface area contributed by atoms with E-state index in [0.717, 1.165) is 17.7 Å². The van der Waals surface area contributed by atoms with Gasteiger partial charge in [0.1, 0.15) is 0 Å². The molecule has 2 aromatic carbocycles. The zero-order valence-corrected chi connectivity index (χ0v) is 13.6. The summed E-state index contributed by atoms with van der Waals surface area (Å²) in [6, 6.07) is 15.9. The first-order valence-corrected chi connectivity index (χ1v) is 7.88. The van der Waals surface area contributed by atoms with Gasteiger partial charge in [0.15, 0.2) is 0 Å². The molecule has 3 rings (SSSR count). The van der Waals surface area contributed by atoms with E-state index in [-0.39, 0.29) is 11.5 Å². The van der Waals surface area contributed by atoms with Crippen LogP contribution in [-0.2, 0) is 12.7 Å². The van der Waals surface area contributed by atoms with Crippen molar-refractivity contribution in [1.82, 2.24) is 10.3 Å². The van der Waals surface area contributed by atoms with Crippen LogP contribution in [0.1, 0.15) is 21.5 Å². The summed E-state index contributed by atoms with van der Waals surface area (Å²) in [6.45, 7) is 0.355. The van der Waals surface area contributed by atoms with Crippen LogP contribution < -0.4 is 5.32 Å². The fourth-order valence-electron chi connectivity index (χ4n) is 2.48. The zero-order chi connectivity index (χ0) is 18.6. The predicted molar refractivity (Wildman–Crippen MR) is 92.3 cm³/mol. The van der Waals surface area contributed by atoms with Gasteiger partial charge in [-0.2, -0.15) is 13.2 Å². The van der Waals surface area contributed by atoms with Gasteiger partial charge in [0.05, 0.1) is 11.1 Å². The lowest BCUT2D eigenvalue weighted by Gasteiger charge is -2.10. The van der Waals surface area contributed by atoms with Crippen molar-refractivity contribution in [1.29, 1.82) is 0 Å². The van der Waals surface area contributed by atoms with Crippen LogP contribution in [-0.4, -0.2) is 10.9 Å². The number of pyridine rings is 1. The molecule has 1 amide bonds. The molecule has 6 heteroatoms. The maximum Gasteiger partial charge on any atom is 0.416 e. The maximum absolute atomic E-state index is 12.9. The smallest absolute Gasteiger partial charge is 0.348 e. The molecule has 0 atom stereocenters. The quantitative estimate of drug-likeness (QED) is 0.736. The van der Waals surface area contributed by atoms with Gasteiger partial charge in [-0.15, -0.1) is 0 Å². The molecule has 3 aromatic rings. The number of hydrogen-bond donors (Lipinski definition) is 1. The van der Waals surface area contributed by atoms with E-state index >= 15 is 0 Å². The molecule has 0 aliphatic rings. The highest BCUT2D eigenvalue weighted by molar-refractivity contribution is 5.95. The number of carbonyl (C=O) groups is 1. The number of hydrogen-bond acceptors (Lipinski definition) is 2. The van der Waals surface area contributed by atoms with Crippen molar-refractivity contribution in [3.05, 3.63) is 89.7 Å². The lowest BCUT2D eigenvalue weighted by atomic mass is 10.0. The van der Waals surface area contributed by atoms with Gasteiger partial charge in [-0.05, 0) is 29.3 Å². The number of nitrogens with one attached hydrogen (secondary N) is 1. The Labute approximate surface area is 148 Å². The van der Waals surface area contributed by atoms with Gasteiger partial charge in [0.25, 0.3) is 5.91 Å². The number of nitrogens with zero attached hydrogens (tertiary/aromatic N) is 1. The number of amides is 1. The monoisotopic (exact) mass is 356 g/mol. The van der Waals surface area contributed by atoms with E-state index in [9.17, 15) is 18.0 Å². The predicted octanol–water partition coefficient (Wildman–Crippen LogP) is 4.70. The minimum Gasteiger partial charge on any atom is -0.348 e. The van der Waals surface area contributed by atoms with Gasteiger partial charge >= 0.3 is 6.18 Å². The third-order valence-electron chi connectivity index (χ3n) is 3.82. The summed E-state index contributed by atoms with van der Waals surface area (Å²) in [5.74, 6) is -0.338. The molecule has 26 heavy (non-hydrogen) atoms. The Morgan fingerprint density at radius 1 is 0.923 bits per heavy atom. The van der Waals surface area contributed by atoms with Gasteiger partial charge in [0, 0.05) is 24.5 Å². The summed E-state index contributed by atoms with van der Waals surface area (Å²) in [6.07, 6.45) is -1.60. The lowest BCUT2D eigenvalue weighted by Crippen LogP contribution is -2.22. The van der Waals surface area contributed by atoms with Crippen molar-refractivity contribution < 1.29 is 18.0 Å². The molecule has 0 radical (unpaired) electrons. The zero-order valence-electron chi connectivity index (χ0n) is 13.6. The molecule has 1 aromatic heterocycles. The number of benzene rings is 2. The standard InChI is InChI=1S/C20H15F3N2O/c21-20(22,23)18-8-4-7-15(10-18)16-9-17(13-24-12-16)19(26)25-11-14-5-2-1-3-6-14/h1-10,12-13H,11H2,(H,25,26). The van der Waals surface area contributed by atoms with Crippen LogP contribution in [0.25, 0.3) is 11.1 Å². The Morgan fingerprint density at radius 2 is 1.69 bits per heavy atom. The summed E-state index contributed by atoms with van der Waals surface area (Å²) in [7, 11) is 0. The fraction of sp³-hybridized carbons (Fsp3) is 0.100. The summed E-state index contributed by atoms with van der Waals surface area (Å²) in [5, 5.41) is 2.77. The highest BCUT2D eigenvalue weighted by atomic mass is 19.4. The van der Waals surface area contributed by atoms with E-state index < -0.39 is 11.7 Å². The molecule has 1 heterocycles. The number of alkyl halides is 3. The highest BCUT2D eigenvalue weighted by Gasteiger charge is 2.30. The second-order valence-electron chi connectivity index (χ2n) is 5.71. The highest BCUT2D eigenvalue weighted by Crippen LogP contribution is 2.32. The van der Waals surface area contributed by atoms with Crippen molar-refractivity contribution in [3.63, 3.8) is 0 Å². The Morgan fingerprint density at radius 3 is 2.42 bits per heavy atom. The average Bonchev–Trinajstić information content (AvgIpc) is 2.66. The van der Waals surface area contributed by atoms with E-state index in [2.05, 4.69) is 10.3 Å². The van der Waals surface area contributed by atoms with Crippen molar-refractivity contribution in [2.24, 2.45) is 0 Å². The average molecular weight is 356 g/mol. The first-order chi connectivity index (χ1) is 12.4. The normalized spacial score (nSPS) is 11.2. The number of aromatic nitrogens is 1. The van der Waals surface area contributed by atoms with Crippen LogP contribution in [0.15, 0.2) is 73.1 Å². The van der Waals surface area contributed by atoms with Gasteiger partial charge in [-0.25, -0.2) is 0 Å². The van der Waals surface area contributed by atoms with Crippen LogP contribution >= 0.6 is 0 Å². The summed E-state index contributed by atoms with van der Waals surface area (Å²) >= 11 is 0. The first kappa shape index (κ1) is 17.7. The largest absolute Gasteiger partial charge is 0.416 e. The minimum atomic E-state index is -4.42. The molecule has 0 aliphatic carbocycles. The topological polar surface area (TPSA) is 42.0 Å². The number of rotatable bonds is 4. The Hall–Kier alpha value is -3.15. The second kappa shape index (κ2) is 7.39. The van der Waals surface area contributed by atoms with Crippen molar-refractivity contribution in [2.45, 2.75) is 12.7 Å². The van der Waals surface area contributed by atoms with Crippen LogP contribution in [0.3, 0.4) is 0 Å². The molecule has 0 saturated heterocycles. The molecule has 1 N–H and O–H groups in total. The van der Waals surface area contributed by atoms with E-state index in [1.54, 1.807) is 6.07 Å². The Bertz CT molecular complexity index is 908. The molecule has 0 fully saturated rings. The Balaban J connectivity index is 1.79. The molecule has 0 bridgehead atoms. The molecule has 0 unspecified atom stereocenters. The van der Waals surface area contributed by atoms with E-state index in [1.165, 1.54) is 24.5 Å². The van der Waals surface area contributed by atoms with E-state index in [0.29, 0.717) is 17.7 Å². The minimum absolute atomic E-state index is 0.288. The molecule has 0 saturated carbocycles. The summed E-state index contributed by atoms with van der Waals surface area (Å²) in [5.41, 5.74) is 1.29. The van der Waals surface area contributed by atoms with Crippen molar-refractivity contribution in [3.8, 4) is 11.1 Å². The molecule has 0 spiro atoms. The number of halogens is 3. The number of carbonyl (C=O) groups excluding carboxylic acids is 1. The molecule has 132 valence electrons. The van der Waals surface area contributed by atoms with Crippen LogP contribution in [0.2, 0.25) is 0 Å². The van der Waals surface area contributed by atoms with Crippen LogP contribution in [0.4, 0.5) is 13.2 Å². The van der Waals surface area contributed by atoms with Gasteiger partial charge in [-0.3, -0.25) is 9.78 Å². The third kappa shape index (κ3) is 4.27. The summed E-state index contributed by atoms with van der Waals surface area (Å²) < 4.78 is 38.6. The first-order valence-electron chi connectivity index (χ1n) is 7.88. The van der Waals surface area contributed by atoms with Crippen molar-refractivity contribution >= 4 is 5.91 Å². The van der Waals surface area contributed by atoms with Crippen molar-refractivity contribution in [2.75, 3.05) is 0 Å². The van der Waals surface area contributed by atoms with Gasteiger partial charge in [-0.1, -0.05) is 42.5 Å². The molecular formula is C20H15F3N2O. The molecule has 3 nitrogen and oxygen atoms in total. The van der Waals surface area contributed by atoms with Crippen LogP contribution in [0.5, 0.6) is 0 Å². The molecule has 0 aliphatic heterocycles. The van der Waals surface area contributed by atoms with Gasteiger partial charge in [0.2, 0.25) is 0 Å². The van der Waals surface area contributed by atoms with Crippen LogP contribution in [0, 0.1) is 0 Å². The Kier molecular flexibility index (Phi) is 5.02. The fourth-order valence-corrected chi connectivity index (χ4v) is 2.48. The summed E-state index contributed by atoms with van der Waals surface area (Å²) in [4.78, 5) is 16.3. The maximum atomic E-state index is 12.9. The van der Waals surface area contributed by atoms with E-state index in [4.69, 9.17) is 0 Å². The lowest BCUT2D eigenvalue weighted by molar-refractivity contribution is -0.137. The van der Waals surface area contributed by atoms with E-state index in [1.807, 2.05) is 30.3 Å². The SMILES string of the molecule is O=C(NCc1ccccc1)c1cncc(-c2cccc(C(F)(F)F)c2)c1. The second-order valence-corrected chi connectivity index (χ2v) is 5.71.